The van der Waals surface area contributed by atoms with E-state index in [2.05, 4.69) is 30.8 Å². The summed E-state index contributed by atoms with van der Waals surface area (Å²) in [6.45, 7) is 3.59. The van der Waals surface area contributed by atoms with Crippen molar-refractivity contribution in [3.63, 3.8) is 0 Å². The number of nitrogens with one attached hydrogen (secondary N) is 1. The van der Waals surface area contributed by atoms with Crippen molar-refractivity contribution in [3.05, 3.63) is 84.4 Å². The molecule has 3 aromatic heterocycles. The van der Waals surface area contributed by atoms with Gasteiger partial charge in [0.05, 0.1) is 0 Å². The lowest BCUT2D eigenvalue weighted by Gasteiger charge is -2.21. The minimum Gasteiger partial charge on any atom is -0.480 e. The Morgan fingerprint density at radius 3 is 2.49 bits per heavy atom. The number of carboxylic acids is 1. The van der Waals surface area contributed by atoms with E-state index in [4.69, 9.17) is 4.52 Å². The Morgan fingerprint density at radius 2 is 1.78 bits per heavy atom. The highest BCUT2D eigenvalue weighted by Gasteiger charge is 2.26. The topological polar surface area (TPSA) is 132 Å². The van der Waals surface area contributed by atoms with Gasteiger partial charge in [0.15, 0.2) is 5.69 Å². The average molecular weight is 500 g/mol. The largest absolute Gasteiger partial charge is 0.480 e. The summed E-state index contributed by atoms with van der Waals surface area (Å²) in [4.78, 5) is 19.9. The van der Waals surface area contributed by atoms with Gasteiger partial charge >= 0.3 is 5.97 Å². The molecule has 0 amide bonds. The number of rotatable bonds is 8. The maximum absolute atomic E-state index is 14.6. The fourth-order valence-electron chi connectivity index (χ4n) is 3.59. The molecule has 37 heavy (non-hydrogen) atoms. The van der Waals surface area contributed by atoms with Gasteiger partial charge in [-0.05, 0) is 43.7 Å². The normalized spacial score (nSPS) is 11.5. The van der Waals surface area contributed by atoms with Crippen molar-refractivity contribution in [1.29, 1.82) is 0 Å². The smallest absolute Gasteiger partial charge is 0.323 e. The molecule has 3 heterocycles. The minimum atomic E-state index is -1.05. The number of pyridine rings is 1. The van der Waals surface area contributed by atoms with Gasteiger partial charge in [0.25, 0.3) is 5.89 Å². The van der Waals surface area contributed by atoms with Crippen LogP contribution in [0.15, 0.2) is 77.6 Å². The summed E-state index contributed by atoms with van der Waals surface area (Å²) in [7, 11) is 0. The van der Waals surface area contributed by atoms with Crippen molar-refractivity contribution in [2.24, 2.45) is 0 Å². The Morgan fingerprint density at radius 1 is 1.05 bits per heavy atom. The molecular weight excluding hydrogens is 477 g/mol. The summed E-state index contributed by atoms with van der Waals surface area (Å²) in [5.41, 5.74) is 2.24. The van der Waals surface area contributed by atoms with Crippen LogP contribution in [0.1, 0.15) is 19.4 Å². The van der Waals surface area contributed by atoms with E-state index >= 15 is 0 Å². The lowest BCUT2D eigenvalue weighted by Crippen LogP contribution is -2.46. The van der Waals surface area contributed by atoms with Crippen LogP contribution in [0.25, 0.3) is 39.9 Å². The Labute approximate surface area is 210 Å². The first-order valence-electron chi connectivity index (χ1n) is 11.4. The Kier molecular flexibility index (Phi) is 6.28. The van der Waals surface area contributed by atoms with Crippen LogP contribution in [-0.4, -0.2) is 46.7 Å². The third-order valence-electron chi connectivity index (χ3n) is 5.81. The van der Waals surface area contributed by atoms with Crippen LogP contribution in [0.2, 0.25) is 0 Å². The van der Waals surface area contributed by atoms with Crippen molar-refractivity contribution in [2.45, 2.75) is 25.9 Å². The predicted octanol–water partition coefficient (Wildman–Crippen LogP) is 4.14. The van der Waals surface area contributed by atoms with E-state index in [0.29, 0.717) is 34.9 Å². The SMILES string of the molecule is CC(C)(NCc1ccc(-c2noc(-c3nnn(-c4ccccc4F)c3-c3ccncc3)n2)cc1)C(=O)O. The molecule has 0 spiro atoms. The van der Waals surface area contributed by atoms with Gasteiger partial charge in [-0.15, -0.1) is 5.10 Å². The van der Waals surface area contributed by atoms with Crippen LogP contribution < -0.4 is 5.32 Å². The van der Waals surface area contributed by atoms with Crippen LogP contribution in [0, 0.1) is 5.82 Å². The first kappa shape index (κ1) is 23.9. The van der Waals surface area contributed by atoms with Crippen LogP contribution in [0.4, 0.5) is 4.39 Å². The van der Waals surface area contributed by atoms with Crippen molar-refractivity contribution in [3.8, 4) is 39.9 Å². The van der Waals surface area contributed by atoms with Gasteiger partial charge in [-0.3, -0.25) is 15.1 Å². The number of benzene rings is 2. The number of para-hydroxylation sites is 1. The Balaban J connectivity index is 1.46. The third kappa shape index (κ3) is 4.84. The van der Waals surface area contributed by atoms with Crippen molar-refractivity contribution in [1.82, 2.24) is 35.4 Å². The highest BCUT2D eigenvalue weighted by molar-refractivity contribution is 5.77. The Bertz CT molecular complexity index is 1550. The third-order valence-corrected chi connectivity index (χ3v) is 5.81. The standard InChI is InChI=1S/C26H22FN7O3/c1-26(2,25(35)36)29-15-16-7-9-18(10-8-16)23-30-24(37-32-23)21-22(17-11-13-28-14-12-17)34(33-31-21)20-6-4-3-5-19(20)27/h3-14,29H,15H2,1-2H3,(H,35,36). The molecule has 0 atom stereocenters. The molecule has 0 fully saturated rings. The van der Waals surface area contributed by atoms with Crippen LogP contribution in [0.5, 0.6) is 0 Å². The summed E-state index contributed by atoms with van der Waals surface area (Å²) in [5, 5.41) is 24.8. The molecule has 10 nitrogen and oxygen atoms in total. The van der Waals surface area contributed by atoms with E-state index in [1.807, 2.05) is 24.3 Å². The maximum Gasteiger partial charge on any atom is 0.323 e. The zero-order chi connectivity index (χ0) is 26.0. The van der Waals surface area contributed by atoms with Gasteiger partial charge in [0.1, 0.15) is 22.7 Å². The summed E-state index contributed by atoms with van der Waals surface area (Å²) in [5.74, 6) is -0.928. The molecule has 0 aliphatic carbocycles. The fourth-order valence-corrected chi connectivity index (χ4v) is 3.59. The molecule has 0 radical (unpaired) electrons. The summed E-state index contributed by atoms with van der Waals surface area (Å²) < 4.78 is 21.5. The Hall–Kier alpha value is -4.77. The first-order valence-corrected chi connectivity index (χ1v) is 11.4. The van der Waals surface area contributed by atoms with Gasteiger partial charge in [-0.2, -0.15) is 4.98 Å². The molecule has 5 aromatic rings. The van der Waals surface area contributed by atoms with E-state index in [1.54, 1.807) is 56.6 Å². The quantitative estimate of drug-likeness (QED) is 0.323. The van der Waals surface area contributed by atoms with Crippen LogP contribution in [-0.2, 0) is 11.3 Å². The van der Waals surface area contributed by atoms with E-state index < -0.39 is 17.3 Å². The van der Waals surface area contributed by atoms with Crippen molar-refractivity contribution in [2.75, 3.05) is 0 Å². The maximum atomic E-state index is 14.6. The summed E-state index contributed by atoms with van der Waals surface area (Å²) in [6, 6.07) is 17.1. The number of nitrogens with zero attached hydrogens (tertiary/aromatic N) is 6. The zero-order valence-corrected chi connectivity index (χ0v) is 20.0. The van der Waals surface area contributed by atoms with Crippen LogP contribution >= 0.6 is 0 Å². The molecule has 2 N–H and O–H groups in total. The van der Waals surface area contributed by atoms with Gasteiger partial charge in [-0.25, -0.2) is 9.07 Å². The summed E-state index contributed by atoms with van der Waals surface area (Å²) in [6.07, 6.45) is 3.23. The number of hydrogen-bond donors (Lipinski definition) is 2. The molecule has 11 heteroatoms. The molecular formula is C26H22FN7O3. The second-order valence-corrected chi connectivity index (χ2v) is 8.79. The second-order valence-electron chi connectivity index (χ2n) is 8.79. The highest BCUT2D eigenvalue weighted by atomic mass is 19.1. The lowest BCUT2D eigenvalue weighted by molar-refractivity contribution is -0.143. The molecule has 0 unspecified atom stereocenters. The number of aliphatic carboxylic acids is 1. The number of hydrogen-bond acceptors (Lipinski definition) is 8. The van der Waals surface area contributed by atoms with Gasteiger partial charge in [-0.1, -0.05) is 46.8 Å². The number of carbonyl (C=O) groups is 1. The zero-order valence-electron chi connectivity index (χ0n) is 20.0. The second kappa shape index (κ2) is 9.70. The molecule has 0 aliphatic heterocycles. The predicted molar refractivity (Wildman–Crippen MR) is 132 cm³/mol. The average Bonchev–Trinajstić information content (AvgIpc) is 3.56. The molecule has 5 rings (SSSR count). The molecule has 0 saturated heterocycles. The van der Waals surface area contributed by atoms with Gasteiger partial charge < -0.3 is 9.63 Å². The minimum absolute atomic E-state index is 0.123. The molecule has 0 aliphatic rings. The van der Waals surface area contributed by atoms with E-state index in [-0.39, 0.29) is 11.6 Å². The van der Waals surface area contributed by atoms with Crippen LogP contribution in [0.3, 0.4) is 0 Å². The lowest BCUT2D eigenvalue weighted by atomic mass is 10.1. The van der Waals surface area contributed by atoms with Gasteiger partial charge in [0.2, 0.25) is 5.82 Å². The molecule has 0 bridgehead atoms. The molecule has 2 aromatic carbocycles. The number of carboxylic acid groups (broad SMARTS) is 1. The number of aromatic nitrogens is 6. The number of halogens is 1. The van der Waals surface area contributed by atoms with E-state index in [0.717, 1.165) is 5.56 Å². The molecule has 186 valence electrons. The van der Waals surface area contributed by atoms with Gasteiger partial charge in [0, 0.05) is 30.1 Å². The van der Waals surface area contributed by atoms with Crippen molar-refractivity contribution >= 4 is 5.97 Å². The van der Waals surface area contributed by atoms with E-state index in [1.165, 1.54) is 10.7 Å². The monoisotopic (exact) mass is 499 g/mol. The summed E-state index contributed by atoms with van der Waals surface area (Å²) >= 11 is 0. The first-order chi connectivity index (χ1) is 17.8. The fraction of sp³-hybridized carbons (Fsp3) is 0.154. The van der Waals surface area contributed by atoms with E-state index in [9.17, 15) is 14.3 Å². The highest BCUT2D eigenvalue weighted by Crippen LogP contribution is 2.32. The molecule has 0 saturated carbocycles. The van der Waals surface area contributed by atoms with Crippen molar-refractivity contribution < 1.29 is 18.8 Å².